The summed E-state index contributed by atoms with van der Waals surface area (Å²) < 4.78 is 37.1. The molecule has 0 bridgehead atoms. The van der Waals surface area contributed by atoms with E-state index in [0.717, 1.165) is 0 Å². The summed E-state index contributed by atoms with van der Waals surface area (Å²) >= 11 is 3.21. The lowest BCUT2D eigenvalue weighted by Crippen LogP contribution is -2.32. The smallest absolute Gasteiger partial charge is 0.387 e. The zero-order chi connectivity index (χ0) is 21.1. The lowest BCUT2D eigenvalue weighted by molar-refractivity contribution is -0.121. The molecule has 0 aliphatic carbocycles. The van der Waals surface area contributed by atoms with Crippen LogP contribution in [0.25, 0.3) is 11.0 Å². The van der Waals surface area contributed by atoms with E-state index in [1.165, 1.54) is 40.9 Å². The topological polar surface area (TPSA) is 100 Å². The summed E-state index contributed by atoms with van der Waals surface area (Å²) in [6, 6.07) is 4.33. The Kier molecular flexibility index (Phi) is 6.11. The zero-order valence-corrected chi connectivity index (χ0v) is 16.9. The Bertz CT molecular complexity index is 1120. The molecule has 0 saturated carbocycles. The molecular weight excluding hydrogens is 456 g/mol. The van der Waals surface area contributed by atoms with Crippen molar-refractivity contribution in [1.82, 2.24) is 24.6 Å². The maximum Gasteiger partial charge on any atom is 0.387 e. The molecule has 29 heavy (non-hydrogen) atoms. The van der Waals surface area contributed by atoms with E-state index in [4.69, 9.17) is 4.74 Å². The van der Waals surface area contributed by atoms with Gasteiger partial charge in [-0.1, -0.05) is 6.07 Å². The van der Waals surface area contributed by atoms with Crippen LogP contribution in [0.3, 0.4) is 0 Å². The molecule has 0 atom stereocenters. The van der Waals surface area contributed by atoms with Gasteiger partial charge in [-0.3, -0.25) is 14.2 Å². The van der Waals surface area contributed by atoms with Crippen molar-refractivity contribution in [2.75, 3.05) is 7.11 Å². The molecule has 3 aromatic rings. The number of amides is 1. The fraction of sp³-hybridized carbons (Fsp3) is 0.294. The third-order valence-corrected chi connectivity index (χ3v) is 4.57. The largest absolute Gasteiger partial charge is 0.493 e. The van der Waals surface area contributed by atoms with Crippen LogP contribution < -0.4 is 20.3 Å². The third-order valence-electron chi connectivity index (χ3n) is 4.02. The fourth-order valence-electron chi connectivity index (χ4n) is 2.67. The van der Waals surface area contributed by atoms with E-state index in [9.17, 15) is 18.4 Å². The van der Waals surface area contributed by atoms with Crippen molar-refractivity contribution >= 4 is 32.9 Å². The van der Waals surface area contributed by atoms with Crippen molar-refractivity contribution in [3.8, 4) is 11.5 Å². The van der Waals surface area contributed by atoms with E-state index >= 15 is 0 Å². The molecule has 9 nitrogen and oxygen atoms in total. The molecule has 0 unspecified atom stereocenters. The van der Waals surface area contributed by atoms with Crippen molar-refractivity contribution in [2.24, 2.45) is 7.05 Å². The molecule has 2 heterocycles. The quantitative estimate of drug-likeness (QED) is 0.564. The van der Waals surface area contributed by atoms with Crippen LogP contribution in [0.15, 0.2) is 33.9 Å². The number of carbonyl (C=O) groups excluding carboxylic acids is 1. The van der Waals surface area contributed by atoms with Crippen LogP contribution >= 0.6 is 15.9 Å². The van der Waals surface area contributed by atoms with Gasteiger partial charge >= 0.3 is 6.61 Å². The first-order chi connectivity index (χ1) is 13.8. The molecule has 1 N–H and O–H groups in total. The molecule has 1 aromatic carbocycles. The van der Waals surface area contributed by atoms with E-state index in [2.05, 4.69) is 36.1 Å². The predicted octanol–water partition coefficient (Wildman–Crippen LogP) is 1.82. The van der Waals surface area contributed by atoms with Gasteiger partial charge in [0.1, 0.15) is 22.9 Å². The lowest BCUT2D eigenvalue weighted by Gasteiger charge is -2.12. The van der Waals surface area contributed by atoms with Crippen molar-refractivity contribution in [1.29, 1.82) is 0 Å². The zero-order valence-electron chi connectivity index (χ0n) is 15.4. The molecule has 2 aromatic heterocycles. The molecule has 3 rings (SSSR count). The molecule has 154 valence electrons. The number of carbonyl (C=O) groups is 1. The number of hydrogen-bond donors (Lipinski definition) is 1. The van der Waals surface area contributed by atoms with E-state index in [0.29, 0.717) is 15.8 Å². The highest BCUT2D eigenvalue weighted by atomic mass is 79.9. The average Bonchev–Trinajstić information content (AvgIpc) is 2.97. The van der Waals surface area contributed by atoms with Gasteiger partial charge in [-0.15, -0.1) is 0 Å². The molecular formula is C17H16BrF2N5O4. The molecule has 0 aliphatic heterocycles. The van der Waals surface area contributed by atoms with Crippen LogP contribution in [0.1, 0.15) is 5.56 Å². The summed E-state index contributed by atoms with van der Waals surface area (Å²) in [4.78, 5) is 28.9. The summed E-state index contributed by atoms with van der Waals surface area (Å²) in [5, 5.41) is 7.01. The van der Waals surface area contributed by atoms with Crippen LogP contribution in [0.2, 0.25) is 0 Å². The number of hydrogen-bond acceptors (Lipinski definition) is 6. The maximum absolute atomic E-state index is 12.5. The van der Waals surface area contributed by atoms with Gasteiger partial charge in [0, 0.05) is 13.6 Å². The molecule has 0 saturated heterocycles. The predicted molar refractivity (Wildman–Crippen MR) is 102 cm³/mol. The Morgan fingerprint density at radius 2 is 2.10 bits per heavy atom. The van der Waals surface area contributed by atoms with Gasteiger partial charge in [-0.2, -0.15) is 13.9 Å². The highest BCUT2D eigenvalue weighted by molar-refractivity contribution is 9.10. The SMILES string of the molecule is COc1cc(CNC(=O)Cn2cnc3c(c(Br)nn3C)c2=O)ccc1OC(F)F. The Morgan fingerprint density at radius 1 is 1.34 bits per heavy atom. The average molecular weight is 472 g/mol. The van der Waals surface area contributed by atoms with Crippen LogP contribution in [0, 0.1) is 0 Å². The number of halogens is 3. The monoisotopic (exact) mass is 471 g/mol. The van der Waals surface area contributed by atoms with Crippen LogP contribution in [0.5, 0.6) is 11.5 Å². The summed E-state index contributed by atoms with van der Waals surface area (Å²) in [6.45, 7) is -3.11. The number of benzene rings is 1. The van der Waals surface area contributed by atoms with E-state index in [1.54, 1.807) is 7.05 Å². The Balaban J connectivity index is 1.69. The molecule has 0 spiro atoms. The minimum Gasteiger partial charge on any atom is -0.493 e. The second-order valence-electron chi connectivity index (χ2n) is 5.93. The number of aromatic nitrogens is 4. The minimum atomic E-state index is -2.97. The third kappa shape index (κ3) is 4.53. The van der Waals surface area contributed by atoms with Crippen LogP contribution in [0.4, 0.5) is 8.78 Å². The Morgan fingerprint density at radius 3 is 2.79 bits per heavy atom. The number of methoxy groups -OCH3 is 1. The number of fused-ring (bicyclic) bond motifs is 1. The first kappa shape index (κ1) is 20.7. The lowest BCUT2D eigenvalue weighted by atomic mass is 10.2. The van der Waals surface area contributed by atoms with Crippen LogP contribution in [-0.4, -0.2) is 39.0 Å². The summed E-state index contributed by atoms with van der Waals surface area (Å²) in [7, 11) is 2.98. The van der Waals surface area contributed by atoms with E-state index < -0.39 is 18.1 Å². The summed E-state index contributed by atoms with van der Waals surface area (Å²) in [5.41, 5.74) is 0.602. The van der Waals surface area contributed by atoms with Gasteiger partial charge in [-0.25, -0.2) is 9.67 Å². The standard InChI is InChI=1S/C17H16BrF2N5O4/c1-24-15-13(14(18)23-24)16(27)25(8-22-15)7-12(26)21-6-9-3-4-10(29-17(19)20)11(5-9)28-2/h3-5,8,17H,6-7H2,1-2H3,(H,21,26). The second-order valence-corrected chi connectivity index (χ2v) is 6.68. The fourth-order valence-corrected chi connectivity index (χ4v) is 3.26. The highest BCUT2D eigenvalue weighted by Gasteiger charge is 2.15. The minimum absolute atomic E-state index is 0.102. The van der Waals surface area contributed by atoms with Crippen molar-refractivity contribution in [3.05, 3.63) is 45.0 Å². The van der Waals surface area contributed by atoms with Gasteiger partial charge < -0.3 is 14.8 Å². The Labute approximate surface area is 171 Å². The molecule has 0 aliphatic rings. The second kappa shape index (κ2) is 8.55. The Hall–Kier alpha value is -3.02. The highest BCUT2D eigenvalue weighted by Crippen LogP contribution is 2.29. The molecule has 0 fully saturated rings. The number of rotatable bonds is 7. The first-order valence-corrected chi connectivity index (χ1v) is 9.05. The van der Waals surface area contributed by atoms with Crippen LogP contribution in [-0.2, 0) is 24.9 Å². The van der Waals surface area contributed by atoms with E-state index in [-0.39, 0.29) is 30.0 Å². The normalized spacial score (nSPS) is 11.1. The molecule has 1 amide bonds. The summed E-state index contributed by atoms with van der Waals surface area (Å²) in [6.07, 6.45) is 1.28. The number of nitrogens with zero attached hydrogens (tertiary/aromatic N) is 4. The number of alkyl halides is 2. The van der Waals surface area contributed by atoms with Crippen molar-refractivity contribution < 1.29 is 23.0 Å². The van der Waals surface area contributed by atoms with Gasteiger partial charge in [0.05, 0.1) is 7.11 Å². The van der Waals surface area contributed by atoms with Crippen molar-refractivity contribution in [3.63, 3.8) is 0 Å². The van der Waals surface area contributed by atoms with Gasteiger partial charge in [0.25, 0.3) is 5.56 Å². The maximum atomic E-state index is 12.5. The van der Waals surface area contributed by atoms with E-state index in [1.807, 2.05) is 0 Å². The van der Waals surface area contributed by atoms with Gasteiger partial charge in [0.2, 0.25) is 5.91 Å². The molecule has 0 radical (unpaired) electrons. The summed E-state index contributed by atoms with van der Waals surface area (Å²) in [5.74, 6) is -0.421. The van der Waals surface area contributed by atoms with Crippen molar-refractivity contribution in [2.45, 2.75) is 19.7 Å². The van der Waals surface area contributed by atoms with Gasteiger partial charge in [0.15, 0.2) is 17.1 Å². The molecule has 12 heteroatoms. The van der Waals surface area contributed by atoms with Gasteiger partial charge in [-0.05, 0) is 33.6 Å². The number of ether oxygens (including phenoxy) is 2. The number of nitrogens with one attached hydrogen (secondary N) is 1. The first-order valence-electron chi connectivity index (χ1n) is 8.26. The number of aryl methyl sites for hydroxylation is 1.